The molecule has 0 atom stereocenters. The lowest BCUT2D eigenvalue weighted by molar-refractivity contribution is 0.434. The first-order valence-electron chi connectivity index (χ1n) is 11.1. The molecule has 0 bridgehead atoms. The van der Waals surface area contributed by atoms with Crippen molar-refractivity contribution in [2.45, 2.75) is 102 Å². The van der Waals surface area contributed by atoms with Crippen molar-refractivity contribution in [2.75, 3.05) is 10.6 Å². The molecule has 1 heterocycles. The van der Waals surface area contributed by atoms with E-state index in [2.05, 4.69) is 17.6 Å². The molecule has 28 heavy (non-hydrogen) atoms. The first kappa shape index (κ1) is 23.0. The molecule has 0 saturated heterocycles. The van der Waals surface area contributed by atoms with E-state index < -0.39 is 15.1 Å². The van der Waals surface area contributed by atoms with Gasteiger partial charge in [-0.15, -0.1) is 0 Å². The van der Waals surface area contributed by atoms with Gasteiger partial charge in [0.25, 0.3) is 0 Å². The molecule has 0 fully saturated rings. The van der Waals surface area contributed by atoms with Crippen LogP contribution in [0.2, 0.25) is 0 Å². The van der Waals surface area contributed by atoms with Crippen LogP contribution < -0.4 is 10.6 Å². The number of unbranched alkanes of at least 4 members (excludes halogenated alkanes) is 12. The lowest BCUT2D eigenvalue weighted by Crippen LogP contribution is -2.49. The van der Waals surface area contributed by atoms with E-state index >= 15 is 0 Å². The third kappa shape index (κ3) is 6.96. The van der Waals surface area contributed by atoms with Crippen LogP contribution in [-0.2, 0) is 10.1 Å². The van der Waals surface area contributed by atoms with E-state index in [1.54, 1.807) is 0 Å². The van der Waals surface area contributed by atoms with E-state index in [9.17, 15) is 13.0 Å². The quantitative estimate of drug-likeness (QED) is 0.226. The molecule has 0 saturated carbocycles. The number of para-hydroxylation sites is 2. The zero-order valence-corrected chi connectivity index (χ0v) is 18.2. The highest BCUT2D eigenvalue weighted by molar-refractivity contribution is 7.87. The second-order valence-electron chi connectivity index (χ2n) is 8.09. The van der Waals surface area contributed by atoms with Crippen molar-refractivity contribution >= 4 is 21.5 Å². The Balaban J connectivity index is 1.57. The molecule has 3 N–H and O–H groups in total. The largest absolute Gasteiger partial charge is 0.347 e. The fourth-order valence-corrected chi connectivity index (χ4v) is 4.82. The maximum atomic E-state index is 12.0. The minimum Gasteiger partial charge on any atom is -0.347 e. The zero-order chi connectivity index (χ0) is 20.3. The first-order chi connectivity index (χ1) is 13.5. The summed E-state index contributed by atoms with van der Waals surface area (Å²) in [5, 5.41) is 5.96. The van der Waals surface area contributed by atoms with Gasteiger partial charge in [-0.25, -0.2) is 0 Å². The van der Waals surface area contributed by atoms with Gasteiger partial charge in [0.05, 0.1) is 11.4 Å². The van der Waals surface area contributed by atoms with Crippen molar-refractivity contribution in [1.82, 2.24) is 0 Å². The Morgan fingerprint density at radius 1 is 0.750 bits per heavy atom. The van der Waals surface area contributed by atoms with Gasteiger partial charge in [0, 0.05) is 6.42 Å². The molecule has 160 valence electrons. The highest BCUT2D eigenvalue weighted by atomic mass is 32.2. The number of nitrogens with one attached hydrogen (secondary N) is 2. The molecule has 0 aliphatic carbocycles. The topological polar surface area (TPSA) is 78.4 Å². The average molecular weight is 411 g/mol. The molecule has 0 unspecified atom stereocenters. The van der Waals surface area contributed by atoms with Gasteiger partial charge >= 0.3 is 10.1 Å². The van der Waals surface area contributed by atoms with E-state index in [1.165, 1.54) is 64.2 Å². The first-order valence-corrected chi connectivity index (χ1v) is 12.5. The Bertz CT molecular complexity index is 651. The molecule has 1 aliphatic rings. The van der Waals surface area contributed by atoms with Crippen LogP contribution in [0.3, 0.4) is 0 Å². The summed E-state index contributed by atoms with van der Waals surface area (Å²) in [6, 6.07) is 7.33. The molecule has 2 rings (SSSR count). The van der Waals surface area contributed by atoms with E-state index in [0.717, 1.165) is 30.6 Å². The normalized spacial score (nSPS) is 15.1. The molecule has 6 heteroatoms. The number of hydrogen-bond acceptors (Lipinski definition) is 4. The monoisotopic (exact) mass is 410 g/mol. The van der Waals surface area contributed by atoms with Crippen molar-refractivity contribution in [3.63, 3.8) is 0 Å². The summed E-state index contributed by atoms with van der Waals surface area (Å²) in [5.41, 5.74) is 1.43. The Kier molecular flexibility index (Phi) is 9.59. The molecule has 1 aromatic carbocycles. The lowest BCUT2D eigenvalue weighted by Gasteiger charge is -2.27. The number of fused-ring (bicyclic) bond motifs is 1. The Labute approximate surface area is 171 Å². The fraction of sp³-hybridized carbons (Fsp3) is 0.727. The number of rotatable bonds is 15. The summed E-state index contributed by atoms with van der Waals surface area (Å²) >= 11 is 0. The van der Waals surface area contributed by atoms with Crippen molar-refractivity contribution in [3.8, 4) is 0 Å². The summed E-state index contributed by atoms with van der Waals surface area (Å²) in [6.45, 7) is 2.25. The third-order valence-electron chi connectivity index (χ3n) is 5.67. The molecule has 1 aromatic rings. The van der Waals surface area contributed by atoms with Crippen molar-refractivity contribution in [1.29, 1.82) is 0 Å². The fourth-order valence-electron chi connectivity index (χ4n) is 3.94. The molecule has 0 aromatic heterocycles. The zero-order valence-electron chi connectivity index (χ0n) is 17.4. The van der Waals surface area contributed by atoms with Gasteiger partial charge in [-0.2, -0.15) is 8.42 Å². The minimum atomic E-state index is -4.27. The Morgan fingerprint density at radius 2 is 1.14 bits per heavy atom. The van der Waals surface area contributed by atoms with Gasteiger partial charge < -0.3 is 10.6 Å². The van der Waals surface area contributed by atoms with Gasteiger partial charge in [0.15, 0.2) is 0 Å². The van der Waals surface area contributed by atoms with Crippen LogP contribution in [-0.4, -0.2) is 18.0 Å². The smallest absolute Gasteiger partial charge is 0.308 e. The van der Waals surface area contributed by atoms with Crippen molar-refractivity contribution in [3.05, 3.63) is 24.3 Å². The second-order valence-corrected chi connectivity index (χ2v) is 9.74. The molecule has 5 nitrogen and oxygen atoms in total. The predicted octanol–water partition coefficient (Wildman–Crippen LogP) is 6.55. The van der Waals surface area contributed by atoms with Gasteiger partial charge in [0.2, 0.25) is 4.99 Å². The van der Waals surface area contributed by atoms with Gasteiger partial charge in [0.1, 0.15) is 0 Å². The molecule has 0 spiro atoms. The van der Waals surface area contributed by atoms with Crippen LogP contribution in [0, 0.1) is 0 Å². The summed E-state index contributed by atoms with van der Waals surface area (Å²) in [4.78, 5) is -1.49. The van der Waals surface area contributed by atoms with Crippen LogP contribution in [0.4, 0.5) is 11.4 Å². The minimum absolute atomic E-state index is 0.346. The summed E-state index contributed by atoms with van der Waals surface area (Å²) in [6.07, 6.45) is 16.5. The van der Waals surface area contributed by atoms with E-state index in [-0.39, 0.29) is 0 Å². The van der Waals surface area contributed by atoms with E-state index in [4.69, 9.17) is 0 Å². The molecule has 0 amide bonds. The van der Waals surface area contributed by atoms with Crippen LogP contribution in [0.25, 0.3) is 0 Å². The summed E-state index contributed by atoms with van der Waals surface area (Å²) < 4.78 is 33.8. The second kappa shape index (κ2) is 11.7. The predicted molar refractivity (Wildman–Crippen MR) is 118 cm³/mol. The third-order valence-corrected chi connectivity index (χ3v) is 6.96. The van der Waals surface area contributed by atoms with E-state index in [1.807, 2.05) is 24.3 Å². The standard InChI is InChI=1S/C22H38N2O3S/c1-2-3-4-5-6-7-8-9-10-11-12-13-16-19-22(28(25,26)27)23-20-17-14-15-18-21(20)24-22/h14-15,17-18,23-24H,2-13,16,19H2,1H3,(H,25,26,27). The highest BCUT2D eigenvalue weighted by Gasteiger charge is 2.46. The number of benzene rings is 1. The van der Waals surface area contributed by atoms with Crippen LogP contribution in [0.1, 0.15) is 96.8 Å². The summed E-state index contributed by atoms with van der Waals surface area (Å²) in [5.74, 6) is 0. The Hall–Kier alpha value is -1.27. The van der Waals surface area contributed by atoms with Crippen LogP contribution in [0.15, 0.2) is 24.3 Å². The van der Waals surface area contributed by atoms with Crippen LogP contribution >= 0.6 is 0 Å². The molecular formula is C22H38N2O3S. The molecular weight excluding hydrogens is 372 g/mol. The summed E-state index contributed by atoms with van der Waals surface area (Å²) in [7, 11) is -4.27. The maximum absolute atomic E-state index is 12.0. The van der Waals surface area contributed by atoms with Crippen molar-refractivity contribution < 1.29 is 13.0 Å². The van der Waals surface area contributed by atoms with Crippen LogP contribution in [0.5, 0.6) is 0 Å². The number of hydrogen-bond donors (Lipinski definition) is 3. The highest BCUT2D eigenvalue weighted by Crippen LogP contribution is 2.38. The molecule has 0 radical (unpaired) electrons. The number of anilines is 2. The maximum Gasteiger partial charge on any atom is 0.308 e. The van der Waals surface area contributed by atoms with Crippen molar-refractivity contribution in [2.24, 2.45) is 0 Å². The average Bonchev–Trinajstić information content (AvgIpc) is 3.05. The van der Waals surface area contributed by atoms with Gasteiger partial charge in [-0.05, 0) is 18.6 Å². The van der Waals surface area contributed by atoms with Gasteiger partial charge in [-0.3, -0.25) is 4.55 Å². The lowest BCUT2D eigenvalue weighted by atomic mass is 10.0. The molecule has 1 aliphatic heterocycles. The van der Waals surface area contributed by atoms with Gasteiger partial charge in [-0.1, -0.05) is 96.1 Å². The SMILES string of the molecule is CCCCCCCCCCCCCCCC1(S(=O)(=O)O)Nc2ccccc2N1. The Morgan fingerprint density at radius 3 is 1.54 bits per heavy atom. The van der Waals surface area contributed by atoms with E-state index in [0.29, 0.717) is 6.42 Å².